The van der Waals surface area contributed by atoms with Gasteiger partial charge in [0.05, 0.1) is 0 Å². The van der Waals surface area contributed by atoms with Crippen LogP contribution in [0.3, 0.4) is 0 Å². The zero-order valence-electron chi connectivity index (χ0n) is 12.8. The maximum atomic E-state index is 10.1. The molecule has 0 aliphatic rings. The predicted molar refractivity (Wildman–Crippen MR) is 77.4 cm³/mol. The minimum atomic E-state index is -0.776. The summed E-state index contributed by atoms with van der Waals surface area (Å²) in [5, 5.41) is 0. The van der Waals surface area contributed by atoms with E-state index in [4.69, 9.17) is 23.2 Å². The predicted octanol–water partition coefficient (Wildman–Crippen LogP) is 0.726. The van der Waals surface area contributed by atoms with Gasteiger partial charge < -0.3 is 14.2 Å². The van der Waals surface area contributed by atoms with Crippen molar-refractivity contribution in [2.75, 3.05) is 11.8 Å². The van der Waals surface area contributed by atoms with E-state index in [0.29, 0.717) is 0 Å². The molecule has 0 unspecified atom stereocenters. The Morgan fingerprint density at radius 2 is 0.783 bits per heavy atom. The van der Waals surface area contributed by atoms with Crippen LogP contribution in [0.4, 0.5) is 0 Å². The molecule has 23 heavy (non-hydrogen) atoms. The summed E-state index contributed by atoms with van der Waals surface area (Å²) in [5.41, 5.74) is 0. The fourth-order valence-electron chi connectivity index (χ4n) is 0.586. The largest absolute Gasteiger partial charge is 0.394 e. The van der Waals surface area contributed by atoms with Crippen molar-refractivity contribution >= 4 is 59.0 Å². The van der Waals surface area contributed by atoms with E-state index in [1.807, 2.05) is 0 Å². The third-order valence-electron chi connectivity index (χ3n) is 1.02. The van der Waals surface area contributed by atoms with E-state index in [1.165, 1.54) is 27.7 Å². The van der Waals surface area contributed by atoms with Crippen LogP contribution in [0.15, 0.2) is 0 Å². The molecule has 0 saturated carbocycles. The van der Waals surface area contributed by atoms with Gasteiger partial charge in [0.2, 0.25) is 0 Å². The minimum absolute atomic E-state index is 0.331. The highest BCUT2D eigenvalue weighted by molar-refractivity contribution is 6.29. The first-order chi connectivity index (χ1) is 10.5. The van der Waals surface area contributed by atoms with Gasteiger partial charge in [0.25, 0.3) is 0 Å². The summed E-state index contributed by atoms with van der Waals surface area (Å²) in [6, 6.07) is 0. The third kappa shape index (κ3) is 33.1. The Morgan fingerprint density at radius 3 is 0.870 bits per heavy atom. The molecule has 11 heteroatoms. The molecule has 132 valence electrons. The molecule has 0 aliphatic heterocycles. The summed E-state index contributed by atoms with van der Waals surface area (Å²) in [6.07, 6.45) is 0. The van der Waals surface area contributed by atoms with E-state index in [1.54, 1.807) is 0 Å². The average Bonchev–Trinajstić information content (AvgIpc) is 2.36. The molecule has 0 spiro atoms. The van der Waals surface area contributed by atoms with Crippen molar-refractivity contribution in [1.82, 2.24) is 0 Å². The highest BCUT2D eigenvalue weighted by Gasteiger charge is 2.05. The Labute approximate surface area is 142 Å². The molecule has 0 rings (SSSR count). The van der Waals surface area contributed by atoms with Gasteiger partial charge in [-0.2, -0.15) is 0 Å². The van der Waals surface area contributed by atoms with Crippen LogP contribution in [-0.4, -0.2) is 47.6 Å². The van der Waals surface area contributed by atoms with E-state index in [2.05, 4.69) is 14.2 Å². The van der Waals surface area contributed by atoms with E-state index in [0.717, 1.165) is 0 Å². The number of alkyl halides is 2. The Balaban J connectivity index is -0.000000264. The van der Waals surface area contributed by atoms with Crippen molar-refractivity contribution in [3.05, 3.63) is 0 Å². The Bertz CT molecular complexity index is 382. The second-order valence-electron chi connectivity index (χ2n) is 3.28. The van der Waals surface area contributed by atoms with Crippen molar-refractivity contribution in [3.63, 3.8) is 0 Å². The van der Waals surface area contributed by atoms with Gasteiger partial charge in [0, 0.05) is 27.7 Å². The standard InChI is InChI=1S/C4H4Cl2O3.2C4H6O3/c5-1-3(7)9-4(8)2-6;2*1-3(5)7-4(2)6/h1-2H2;2*1-2H3. The minimum Gasteiger partial charge on any atom is -0.394 e. The molecular weight excluding hydrogens is 359 g/mol. The highest BCUT2D eigenvalue weighted by Crippen LogP contribution is 1.86. The normalized spacial score (nSPS) is 8.09. The molecule has 0 bridgehead atoms. The van der Waals surface area contributed by atoms with Gasteiger partial charge >= 0.3 is 35.8 Å². The molecule has 0 amide bonds. The molecule has 0 N–H and O–H groups in total. The van der Waals surface area contributed by atoms with Crippen LogP contribution in [0.5, 0.6) is 0 Å². The molecule has 0 aromatic heterocycles. The first-order valence-electron chi connectivity index (χ1n) is 5.69. The fourth-order valence-corrected chi connectivity index (χ4v) is 0.695. The maximum Gasteiger partial charge on any atom is 0.328 e. The van der Waals surface area contributed by atoms with Crippen LogP contribution in [0.1, 0.15) is 27.7 Å². The van der Waals surface area contributed by atoms with Crippen LogP contribution in [0, 0.1) is 0 Å². The Hall–Kier alpha value is -2.00. The van der Waals surface area contributed by atoms with E-state index in [9.17, 15) is 28.8 Å². The van der Waals surface area contributed by atoms with Gasteiger partial charge in [-0.3, -0.25) is 28.8 Å². The topological polar surface area (TPSA) is 130 Å². The maximum absolute atomic E-state index is 10.1. The summed E-state index contributed by atoms with van der Waals surface area (Å²) < 4.78 is 12.0. The number of hydrogen-bond acceptors (Lipinski definition) is 9. The molecule has 0 saturated heterocycles. The highest BCUT2D eigenvalue weighted by atomic mass is 35.5. The van der Waals surface area contributed by atoms with Crippen molar-refractivity contribution in [3.8, 4) is 0 Å². The number of esters is 6. The summed E-state index contributed by atoms with van der Waals surface area (Å²) in [6.45, 7) is 4.73. The molecule has 0 aromatic rings. The fraction of sp³-hybridized carbons (Fsp3) is 0.500. The van der Waals surface area contributed by atoms with Crippen molar-refractivity contribution in [1.29, 1.82) is 0 Å². The van der Waals surface area contributed by atoms with Crippen LogP contribution in [-0.2, 0) is 43.0 Å². The quantitative estimate of drug-likeness (QED) is 0.297. The molecule has 0 atom stereocenters. The zero-order chi connectivity index (χ0) is 19.0. The summed E-state index contributed by atoms with van der Waals surface area (Å²) >= 11 is 9.97. The van der Waals surface area contributed by atoms with Gasteiger partial charge in [-0.1, -0.05) is 0 Å². The van der Waals surface area contributed by atoms with Gasteiger partial charge in [-0.15, -0.1) is 23.2 Å². The van der Waals surface area contributed by atoms with E-state index >= 15 is 0 Å². The number of hydrogen-bond donors (Lipinski definition) is 0. The van der Waals surface area contributed by atoms with Crippen LogP contribution < -0.4 is 0 Å². The number of rotatable bonds is 2. The second kappa shape index (κ2) is 16.4. The van der Waals surface area contributed by atoms with Crippen molar-refractivity contribution in [2.24, 2.45) is 0 Å². The Kier molecular flexibility index (Phi) is 18.5. The zero-order valence-corrected chi connectivity index (χ0v) is 14.4. The lowest BCUT2D eigenvalue weighted by Crippen LogP contribution is -2.13. The number of carbonyl (C=O) groups excluding carboxylic acids is 6. The number of ether oxygens (including phenoxy) is 3. The van der Waals surface area contributed by atoms with E-state index < -0.39 is 35.8 Å². The first-order valence-corrected chi connectivity index (χ1v) is 6.76. The van der Waals surface area contributed by atoms with Crippen LogP contribution in [0.25, 0.3) is 0 Å². The van der Waals surface area contributed by atoms with Gasteiger partial charge in [0.15, 0.2) is 0 Å². The molecule has 9 nitrogen and oxygen atoms in total. The lowest BCUT2D eigenvalue weighted by molar-refractivity contribution is -0.158. The summed E-state index contributed by atoms with van der Waals surface area (Å²) in [7, 11) is 0. The SMILES string of the molecule is CC(=O)OC(C)=O.CC(=O)OC(C)=O.O=C(CCl)OC(=O)CCl. The molecular formula is C12H16Cl2O9. The Morgan fingerprint density at radius 1 is 0.565 bits per heavy atom. The molecule has 0 radical (unpaired) electrons. The van der Waals surface area contributed by atoms with Crippen LogP contribution >= 0.6 is 23.2 Å². The van der Waals surface area contributed by atoms with Crippen molar-refractivity contribution < 1.29 is 43.0 Å². The molecule has 0 aliphatic carbocycles. The number of halogens is 2. The first kappa shape index (κ1) is 25.9. The van der Waals surface area contributed by atoms with E-state index in [-0.39, 0.29) is 11.8 Å². The third-order valence-corrected chi connectivity index (χ3v) is 1.46. The van der Waals surface area contributed by atoms with Gasteiger partial charge in [0.1, 0.15) is 11.8 Å². The average molecular weight is 375 g/mol. The van der Waals surface area contributed by atoms with Gasteiger partial charge in [-0.05, 0) is 0 Å². The van der Waals surface area contributed by atoms with Crippen LogP contribution in [0.2, 0.25) is 0 Å². The van der Waals surface area contributed by atoms with Gasteiger partial charge in [-0.25, -0.2) is 0 Å². The number of carbonyl (C=O) groups is 6. The van der Waals surface area contributed by atoms with Crippen molar-refractivity contribution in [2.45, 2.75) is 27.7 Å². The molecule has 0 heterocycles. The lowest BCUT2D eigenvalue weighted by atomic mass is 10.7. The molecule has 0 fully saturated rings. The molecule has 0 aromatic carbocycles. The second-order valence-corrected chi connectivity index (χ2v) is 3.82. The monoisotopic (exact) mass is 374 g/mol. The summed E-state index contributed by atoms with van der Waals surface area (Å²) in [4.78, 5) is 59.5. The lowest BCUT2D eigenvalue weighted by Gasteiger charge is -1.93. The summed E-state index contributed by atoms with van der Waals surface area (Å²) in [5.74, 6) is -4.46. The smallest absolute Gasteiger partial charge is 0.328 e.